The molecule has 1 saturated carbocycles. The molecule has 9 nitrogen and oxygen atoms in total. The van der Waals surface area contributed by atoms with E-state index in [0.29, 0.717) is 43.5 Å². The van der Waals surface area contributed by atoms with Crippen molar-refractivity contribution in [3.05, 3.63) is 42.5 Å². The molecule has 2 fully saturated rings. The van der Waals surface area contributed by atoms with Crippen molar-refractivity contribution >= 4 is 40.6 Å². The van der Waals surface area contributed by atoms with Crippen LogP contribution in [-0.4, -0.2) is 47.9 Å². The zero-order chi connectivity index (χ0) is 21.1. The molecule has 2 aromatic rings. The molecule has 156 valence electrons. The van der Waals surface area contributed by atoms with E-state index < -0.39 is 0 Å². The number of morpholine rings is 1. The van der Waals surface area contributed by atoms with Gasteiger partial charge in [0.25, 0.3) is 0 Å². The van der Waals surface area contributed by atoms with Gasteiger partial charge in [-0.3, -0.25) is 4.79 Å². The number of hydrogen-bond acceptors (Lipinski definition) is 8. The predicted molar refractivity (Wildman–Crippen MR) is 118 cm³/mol. The second-order valence-corrected chi connectivity index (χ2v) is 7.28. The first-order valence-corrected chi connectivity index (χ1v) is 9.93. The maximum Gasteiger partial charge on any atom is 0.227 e. The number of carbonyl (C=O) groups excluding carboxylic acids is 1. The molecule has 0 atom stereocenters. The molecule has 30 heavy (non-hydrogen) atoms. The summed E-state index contributed by atoms with van der Waals surface area (Å²) in [6.07, 6.45) is 3.58. The number of anilines is 4. The van der Waals surface area contributed by atoms with Crippen molar-refractivity contribution in [2.24, 2.45) is 10.9 Å². The number of amides is 1. The highest BCUT2D eigenvalue weighted by Crippen LogP contribution is 2.34. The molecule has 0 spiro atoms. The van der Waals surface area contributed by atoms with Crippen molar-refractivity contribution in [2.45, 2.75) is 12.8 Å². The van der Waals surface area contributed by atoms with Crippen molar-refractivity contribution in [1.29, 1.82) is 0 Å². The Hall–Kier alpha value is -3.46. The van der Waals surface area contributed by atoms with E-state index in [-0.39, 0.29) is 23.6 Å². The van der Waals surface area contributed by atoms with Gasteiger partial charge in [0.15, 0.2) is 11.6 Å². The molecule has 1 amide bonds. The molecule has 1 aliphatic carbocycles. The van der Waals surface area contributed by atoms with Crippen LogP contribution in [0.1, 0.15) is 18.4 Å². The number of nitrogens with one attached hydrogen (secondary N) is 1. The Kier molecular flexibility index (Phi) is 5.62. The van der Waals surface area contributed by atoms with Crippen LogP contribution in [0.5, 0.6) is 0 Å². The Morgan fingerprint density at radius 3 is 2.53 bits per heavy atom. The molecule has 1 saturated heterocycles. The molecule has 1 aromatic heterocycles. The lowest BCUT2D eigenvalue weighted by Crippen LogP contribution is -2.37. The van der Waals surface area contributed by atoms with Gasteiger partial charge in [0.2, 0.25) is 11.9 Å². The molecule has 4 rings (SSSR count). The van der Waals surface area contributed by atoms with Gasteiger partial charge in [-0.05, 0) is 31.1 Å². The van der Waals surface area contributed by atoms with Crippen LogP contribution in [0.4, 0.5) is 29.0 Å². The minimum absolute atomic E-state index is 0.0716. The van der Waals surface area contributed by atoms with Crippen LogP contribution < -0.4 is 21.7 Å². The standard InChI is InChI=1S/C21H25N7O2/c1-2-16(13-5-7-15(8-6-13)24-20(29)14-3-4-14)25-17-18(22)26-21(23)27-19(17)28-9-11-30-12-10-28/h2,5-8,14H,1,3-4,9-12H2,(H,24,29)(H4,22,23,26,27)/b25-16+. The third-order valence-corrected chi connectivity index (χ3v) is 5.04. The van der Waals surface area contributed by atoms with Crippen molar-refractivity contribution < 1.29 is 9.53 Å². The Morgan fingerprint density at radius 1 is 1.20 bits per heavy atom. The van der Waals surface area contributed by atoms with E-state index in [4.69, 9.17) is 21.2 Å². The number of carbonyl (C=O) groups is 1. The van der Waals surface area contributed by atoms with E-state index in [1.54, 1.807) is 6.08 Å². The monoisotopic (exact) mass is 407 g/mol. The van der Waals surface area contributed by atoms with E-state index in [1.807, 2.05) is 29.2 Å². The van der Waals surface area contributed by atoms with Gasteiger partial charge in [-0.1, -0.05) is 18.7 Å². The Bertz CT molecular complexity index is 978. The molecule has 2 heterocycles. The van der Waals surface area contributed by atoms with Gasteiger partial charge in [-0.25, -0.2) is 4.99 Å². The molecular weight excluding hydrogens is 382 g/mol. The summed E-state index contributed by atoms with van der Waals surface area (Å²) < 4.78 is 5.42. The molecular formula is C21H25N7O2. The van der Waals surface area contributed by atoms with Gasteiger partial charge in [0.1, 0.15) is 5.69 Å². The van der Waals surface area contributed by atoms with Crippen LogP contribution in [-0.2, 0) is 9.53 Å². The zero-order valence-electron chi connectivity index (χ0n) is 16.7. The minimum atomic E-state index is 0.0716. The van der Waals surface area contributed by atoms with E-state index in [2.05, 4.69) is 21.9 Å². The van der Waals surface area contributed by atoms with Gasteiger partial charge in [0.05, 0.1) is 18.9 Å². The number of hydrogen-bond donors (Lipinski definition) is 3. The average Bonchev–Trinajstić information content (AvgIpc) is 3.60. The second-order valence-electron chi connectivity index (χ2n) is 7.28. The van der Waals surface area contributed by atoms with Crippen molar-refractivity contribution in [2.75, 3.05) is 48.0 Å². The molecule has 1 aromatic carbocycles. The summed E-state index contributed by atoms with van der Waals surface area (Å²) in [5, 5.41) is 2.93. The quantitative estimate of drug-likeness (QED) is 0.625. The summed E-state index contributed by atoms with van der Waals surface area (Å²) in [7, 11) is 0. The van der Waals surface area contributed by atoms with Gasteiger partial charge in [-0.2, -0.15) is 9.97 Å². The minimum Gasteiger partial charge on any atom is -0.382 e. The normalized spacial score (nSPS) is 16.9. The number of nitrogen functional groups attached to an aromatic ring is 2. The summed E-state index contributed by atoms with van der Waals surface area (Å²) in [4.78, 5) is 27.1. The first kappa shape index (κ1) is 19.8. The van der Waals surface area contributed by atoms with Crippen LogP contribution in [0.15, 0.2) is 41.9 Å². The Balaban J connectivity index is 1.63. The lowest BCUT2D eigenvalue weighted by atomic mass is 10.1. The van der Waals surface area contributed by atoms with Crippen LogP contribution in [0.2, 0.25) is 0 Å². The third-order valence-electron chi connectivity index (χ3n) is 5.04. The smallest absolute Gasteiger partial charge is 0.227 e. The van der Waals surface area contributed by atoms with Gasteiger partial charge in [-0.15, -0.1) is 0 Å². The van der Waals surface area contributed by atoms with Crippen LogP contribution in [0.25, 0.3) is 0 Å². The van der Waals surface area contributed by atoms with Crippen LogP contribution >= 0.6 is 0 Å². The highest BCUT2D eigenvalue weighted by molar-refractivity contribution is 6.10. The van der Waals surface area contributed by atoms with Gasteiger partial charge < -0.3 is 26.4 Å². The molecule has 2 aliphatic rings. The summed E-state index contributed by atoms with van der Waals surface area (Å²) in [5.41, 5.74) is 14.6. The fourth-order valence-corrected chi connectivity index (χ4v) is 3.24. The third kappa shape index (κ3) is 4.41. The molecule has 9 heteroatoms. The number of aromatic nitrogens is 2. The van der Waals surface area contributed by atoms with Crippen LogP contribution in [0.3, 0.4) is 0 Å². The first-order valence-electron chi connectivity index (χ1n) is 9.93. The summed E-state index contributed by atoms with van der Waals surface area (Å²) in [6.45, 7) is 6.40. The van der Waals surface area contributed by atoms with Crippen molar-refractivity contribution in [3.63, 3.8) is 0 Å². The second kappa shape index (κ2) is 8.50. The number of benzene rings is 1. The summed E-state index contributed by atoms with van der Waals surface area (Å²) in [5.74, 6) is 1.11. The van der Waals surface area contributed by atoms with Crippen molar-refractivity contribution in [3.8, 4) is 0 Å². The summed E-state index contributed by atoms with van der Waals surface area (Å²) in [6, 6.07) is 7.46. The lowest BCUT2D eigenvalue weighted by Gasteiger charge is -2.29. The van der Waals surface area contributed by atoms with E-state index in [1.165, 1.54) is 0 Å². The van der Waals surface area contributed by atoms with E-state index >= 15 is 0 Å². The molecule has 0 bridgehead atoms. The molecule has 0 radical (unpaired) electrons. The molecule has 5 N–H and O–H groups in total. The fraction of sp³-hybridized carbons (Fsp3) is 0.333. The number of rotatable bonds is 6. The fourth-order valence-electron chi connectivity index (χ4n) is 3.24. The first-order chi connectivity index (χ1) is 14.5. The SMILES string of the molecule is C=C/C(=N\c1c(N)nc(N)nc1N1CCOCC1)c1ccc(NC(=O)C2CC2)cc1. The Labute approximate surface area is 174 Å². The van der Waals surface area contributed by atoms with Gasteiger partial charge in [0, 0.05) is 30.3 Å². The number of aliphatic imine (C=N–C) groups is 1. The molecule has 0 unspecified atom stereocenters. The number of nitrogens with two attached hydrogens (primary N) is 2. The largest absolute Gasteiger partial charge is 0.382 e. The highest BCUT2D eigenvalue weighted by atomic mass is 16.5. The van der Waals surface area contributed by atoms with Gasteiger partial charge >= 0.3 is 0 Å². The summed E-state index contributed by atoms with van der Waals surface area (Å²) >= 11 is 0. The van der Waals surface area contributed by atoms with Crippen molar-refractivity contribution in [1.82, 2.24) is 9.97 Å². The maximum absolute atomic E-state index is 11.9. The number of allylic oxidation sites excluding steroid dienone is 1. The average molecular weight is 407 g/mol. The van der Waals surface area contributed by atoms with E-state index in [0.717, 1.165) is 24.1 Å². The molecule has 1 aliphatic heterocycles. The maximum atomic E-state index is 11.9. The Morgan fingerprint density at radius 2 is 1.90 bits per heavy atom. The topological polar surface area (TPSA) is 132 Å². The highest BCUT2D eigenvalue weighted by Gasteiger charge is 2.29. The number of ether oxygens (including phenoxy) is 1. The van der Waals surface area contributed by atoms with E-state index in [9.17, 15) is 4.79 Å². The zero-order valence-corrected chi connectivity index (χ0v) is 16.7. The predicted octanol–water partition coefficient (Wildman–Crippen LogP) is 2.13. The van der Waals surface area contributed by atoms with Crippen LogP contribution in [0, 0.1) is 5.92 Å². The number of nitrogens with zero attached hydrogens (tertiary/aromatic N) is 4. The lowest BCUT2D eigenvalue weighted by molar-refractivity contribution is -0.117.